The zero-order chi connectivity index (χ0) is 14.1. The molecule has 3 heteroatoms. The summed E-state index contributed by atoms with van der Waals surface area (Å²) in [7, 11) is 2.11. The third kappa shape index (κ3) is 2.16. The highest BCUT2D eigenvalue weighted by Crippen LogP contribution is 2.55. The standard InChI is InChI=1S/C13H15Br2N.C2H6/c1-9-10-7-5-6-8-11(10)16(4)12(2,3)13(9,14)15;1-2/h5-8H,1H2,2-4H3;1-2H3. The number of fused-ring (bicyclic) bond motifs is 1. The molecule has 0 amide bonds. The molecule has 100 valence electrons. The molecule has 1 aromatic carbocycles. The quantitative estimate of drug-likeness (QED) is 0.546. The zero-order valence-electron chi connectivity index (χ0n) is 11.7. The molecule has 0 spiro atoms. The molecule has 0 aliphatic carbocycles. The van der Waals surface area contributed by atoms with E-state index in [1.165, 1.54) is 11.3 Å². The second-order valence-corrected chi connectivity index (χ2v) is 8.13. The lowest BCUT2D eigenvalue weighted by Gasteiger charge is -2.51. The summed E-state index contributed by atoms with van der Waals surface area (Å²) in [6.45, 7) is 12.6. The summed E-state index contributed by atoms with van der Waals surface area (Å²) in [4.78, 5) is 2.28. The summed E-state index contributed by atoms with van der Waals surface area (Å²) in [6, 6.07) is 8.36. The SMILES string of the molecule is C=C1c2ccccc2N(C)C(C)(C)C1(Br)Br.CC. The number of para-hydroxylation sites is 1. The first kappa shape index (κ1) is 15.8. The number of hydrogen-bond acceptors (Lipinski definition) is 1. The lowest BCUT2D eigenvalue weighted by atomic mass is 9.84. The number of alkyl halides is 2. The lowest BCUT2D eigenvalue weighted by Crippen LogP contribution is -2.56. The van der Waals surface area contributed by atoms with Gasteiger partial charge in [-0.25, -0.2) is 0 Å². The predicted octanol–water partition coefficient (Wildman–Crippen LogP) is 5.44. The van der Waals surface area contributed by atoms with Gasteiger partial charge in [-0.1, -0.05) is 70.5 Å². The molecule has 0 saturated heterocycles. The Hall–Kier alpha value is -0.280. The van der Waals surface area contributed by atoms with Crippen LogP contribution in [0.5, 0.6) is 0 Å². The molecule has 0 N–H and O–H groups in total. The number of anilines is 1. The minimum absolute atomic E-state index is 0.0849. The molecular weight excluding hydrogens is 354 g/mol. The van der Waals surface area contributed by atoms with Gasteiger partial charge in [-0.05, 0) is 25.5 Å². The molecule has 0 fully saturated rings. The molecule has 1 nitrogen and oxygen atoms in total. The highest BCUT2D eigenvalue weighted by Gasteiger charge is 2.50. The van der Waals surface area contributed by atoms with E-state index in [1.807, 2.05) is 19.9 Å². The Morgan fingerprint density at radius 2 is 1.61 bits per heavy atom. The van der Waals surface area contributed by atoms with Crippen molar-refractivity contribution in [3.05, 3.63) is 36.4 Å². The smallest absolute Gasteiger partial charge is 0.128 e. The number of hydrogen-bond donors (Lipinski definition) is 0. The topological polar surface area (TPSA) is 3.24 Å². The second-order valence-electron chi connectivity index (χ2n) is 4.69. The van der Waals surface area contributed by atoms with Gasteiger partial charge in [0, 0.05) is 18.3 Å². The van der Waals surface area contributed by atoms with Crippen LogP contribution in [0.25, 0.3) is 5.57 Å². The predicted molar refractivity (Wildman–Crippen MR) is 89.9 cm³/mol. The van der Waals surface area contributed by atoms with Gasteiger partial charge >= 0.3 is 0 Å². The van der Waals surface area contributed by atoms with E-state index < -0.39 is 0 Å². The zero-order valence-corrected chi connectivity index (χ0v) is 14.9. The van der Waals surface area contributed by atoms with Gasteiger partial charge in [-0.3, -0.25) is 0 Å². The van der Waals surface area contributed by atoms with Gasteiger partial charge in [-0.15, -0.1) is 0 Å². The van der Waals surface area contributed by atoms with Gasteiger partial charge < -0.3 is 4.90 Å². The van der Waals surface area contributed by atoms with Crippen molar-refractivity contribution in [1.82, 2.24) is 0 Å². The molecule has 2 rings (SSSR count). The van der Waals surface area contributed by atoms with Crippen LogP contribution in [0.4, 0.5) is 5.69 Å². The third-order valence-corrected chi connectivity index (χ3v) is 6.47. The van der Waals surface area contributed by atoms with Crippen LogP contribution < -0.4 is 4.90 Å². The van der Waals surface area contributed by atoms with Crippen LogP contribution in [-0.4, -0.2) is 15.8 Å². The van der Waals surface area contributed by atoms with Gasteiger partial charge in [0.15, 0.2) is 0 Å². The van der Waals surface area contributed by atoms with Crippen molar-refractivity contribution in [2.24, 2.45) is 0 Å². The third-order valence-electron chi connectivity index (χ3n) is 3.58. The Bertz CT molecular complexity index is 450. The van der Waals surface area contributed by atoms with Crippen LogP contribution in [-0.2, 0) is 0 Å². The molecule has 1 aromatic rings. The van der Waals surface area contributed by atoms with Crippen LogP contribution in [0.1, 0.15) is 33.3 Å². The summed E-state index contributed by atoms with van der Waals surface area (Å²) < 4.78 is -0.296. The van der Waals surface area contributed by atoms with E-state index in [0.29, 0.717) is 0 Å². The largest absolute Gasteiger partial charge is 0.366 e. The molecule has 0 unspecified atom stereocenters. The Balaban J connectivity index is 0.000000771. The van der Waals surface area contributed by atoms with E-state index in [9.17, 15) is 0 Å². The summed E-state index contributed by atoms with van der Waals surface area (Å²) in [5.74, 6) is 0. The lowest BCUT2D eigenvalue weighted by molar-refractivity contribution is 0.489. The summed E-state index contributed by atoms with van der Waals surface area (Å²) in [6.07, 6.45) is 0. The van der Waals surface area contributed by atoms with Crippen molar-refractivity contribution in [3.63, 3.8) is 0 Å². The maximum atomic E-state index is 4.22. The molecule has 1 heterocycles. The van der Waals surface area contributed by atoms with E-state index in [1.54, 1.807) is 0 Å². The second kappa shape index (κ2) is 5.38. The summed E-state index contributed by atoms with van der Waals surface area (Å²) in [5, 5.41) is 0. The monoisotopic (exact) mass is 373 g/mol. The van der Waals surface area contributed by atoms with E-state index in [2.05, 4.69) is 82.4 Å². The maximum Gasteiger partial charge on any atom is 0.128 e. The number of benzene rings is 1. The van der Waals surface area contributed by atoms with Crippen molar-refractivity contribution in [3.8, 4) is 0 Å². The molecule has 1 aliphatic heterocycles. The first-order chi connectivity index (χ1) is 8.30. The highest BCUT2D eigenvalue weighted by molar-refractivity contribution is 9.25. The van der Waals surface area contributed by atoms with E-state index in [0.717, 1.165) is 5.57 Å². The van der Waals surface area contributed by atoms with Crippen molar-refractivity contribution in [2.75, 3.05) is 11.9 Å². The van der Waals surface area contributed by atoms with Crippen LogP contribution in [0, 0.1) is 0 Å². The van der Waals surface area contributed by atoms with Gasteiger partial charge in [0.1, 0.15) is 3.23 Å². The van der Waals surface area contributed by atoms with Crippen molar-refractivity contribution < 1.29 is 0 Å². The van der Waals surface area contributed by atoms with Crippen LogP contribution in [0.3, 0.4) is 0 Å². The van der Waals surface area contributed by atoms with Crippen molar-refractivity contribution in [1.29, 1.82) is 0 Å². The molecule has 0 aromatic heterocycles. The average Bonchev–Trinajstić information content (AvgIpc) is 2.37. The average molecular weight is 375 g/mol. The molecule has 0 saturated carbocycles. The molecule has 0 atom stereocenters. The van der Waals surface area contributed by atoms with E-state index in [4.69, 9.17) is 0 Å². The highest BCUT2D eigenvalue weighted by atomic mass is 79.9. The Morgan fingerprint density at radius 3 is 2.17 bits per heavy atom. The Morgan fingerprint density at radius 1 is 1.11 bits per heavy atom. The molecule has 1 aliphatic rings. The van der Waals surface area contributed by atoms with Gasteiger partial charge in [-0.2, -0.15) is 0 Å². The molecule has 0 bridgehead atoms. The molecule has 18 heavy (non-hydrogen) atoms. The Labute approximate surface area is 128 Å². The normalized spacial score (nSPS) is 19.7. The fourth-order valence-corrected chi connectivity index (χ4v) is 3.03. The van der Waals surface area contributed by atoms with Crippen LogP contribution in [0.2, 0.25) is 0 Å². The summed E-state index contributed by atoms with van der Waals surface area (Å²) in [5.41, 5.74) is 3.41. The van der Waals surface area contributed by atoms with E-state index >= 15 is 0 Å². The van der Waals surface area contributed by atoms with Crippen LogP contribution >= 0.6 is 31.9 Å². The summed E-state index contributed by atoms with van der Waals surface area (Å²) >= 11 is 7.53. The van der Waals surface area contributed by atoms with Crippen molar-refractivity contribution >= 4 is 43.1 Å². The fourth-order valence-electron chi connectivity index (χ4n) is 2.07. The van der Waals surface area contributed by atoms with Gasteiger partial charge in [0.2, 0.25) is 0 Å². The number of nitrogens with zero attached hydrogens (tertiary/aromatic N) is 1. The van der Waals surface area contributed by atoms with Gasteiger partial charge in [0.25, 0.3) is 0 Å². The van der Waals surface area contributed by atoms with Gasteiger partial charge in [0.05, 0.1) is 5.54 Å². The fraction of sp³-hybridized carbons (Fsp3) is 0.467. The first-order valence-electron chi connectivity index (χ1n) is 6.20. The van der Waals surface area contributed by atoms with Crippen LogP contribution in [0.15, 0.2) is 30.8 Å². The molecule has 0 radical (unpaired) electrons. The van der Waals surface area contributed by atoms with E-state index in [-0.39, 0.29) is 8.77 Å². The number of rotatable bonds is 0. The number of halogens is 2. The minimum atomic E-state index is -0.296. The minimum Gasteiger partial charge on any atom is -0.366 e. The Kier molecular flexibility index (Phi) is 4.71. The van der Waals surface area contributed by atoms with Crippen molar-refractivity contribution in [2.45, 2.75) is 36.5 Å². The maximum absolute atomic E-state index is 4.22. The first-order valence-corrected chi connectivity index (χ1v) is 7.79. The molecular formula is C15H21Br2N.